The van der Waals surface area contributed by atoms with E-state index in [1.54, 1.807) is 12.1 Å². The highest BCUT2D eigenvalue weighted by Gasteiger charge is 2.30. The lowest BCUT2D eigenvalue weighted by atomic mass is 9.94. The van der Waals surface area contributed by atoms with E-state index in [0.717, 1.165) is 44.0 Å². The third-order valence-corrected chi connectivity index (χ3v) is 6.86. The highest BCUT2D eigenvalue weighted by atomic mass is 16.6. The summed E-state index contributed by atoms with van der Waals surface area (Å²) in [6.07, 6.45) is 0. The molecule has 36 heavy (non-hydrogen) atoms. The summed E-state index contributed by atoms with van der Waals surface area (Å²) in [6, 6.07) is 38.3. The lowest BCUT2D eigenvalue weighted by Crippen LogP contribution is -2.20. The van der Waals surface area contributed by atoms with Crippen molar-refractivity contribution >= 4 is 61.3 Å². The summed E-state index contributed by atoms with van der Waals surface area (Å²) in [4.78, 5) is 27.4. The molecule has 1 aliphatic heterocycles. The molecule has 6 aromatic rings. The largest absolute Gasteiger partial charge is 0.386 e. The zero-order valence-electron chi connectivity index (χ0n) is 19.1. The van der Waals surface area contributed by atoms with Crippen LogP contribution in [-0.4, -0.2) is 11.9 Å². The Morgan fingerprint density at radius 3 is 1.81 bits per heavy atom. The van der Waals surface area contributed by atoms with E-state index < -0.39 is 11.9 Å². The average molecular weight is 466 g/mol. The molecule has 0 aromatic heterocycles. The third-order valence-electron chi connectivity index (χ3n) is 6.86. The normalized spacial score (nSPS) is 12.8. The number of fused-ring (bicyclic) bond motifs is 2. The van der Waals surface area contributed by atoms with Gasteiger partial charge in [-0.1, -0.05) is 78.9 Å². The summed E-state index contributed by atoms with van der Waals surface area (Å²) in [7, 11) is 0. The standard InChI is InChI=1S/C32H19NO3/c34-31-26-16-8-15-25-28(18-17-27(29(25)26)32(35)36-31)33(22-11-2-1-3-12-22)30-23-13-6-4-9-20(23)19-21-10-5-7-14-24(21)30/h1-19H. The van der Waals surface area contributed by atoms with E-state index in [4.69, 9.17) is 4.74 Å². The van der Waals surface area contributed by atoms with Gasteiger partial charge in [-0.2, -0.15) is 0 Å². The van der Waals surface area contributed by atoms with Gasteiger partial charge in [0.25, 0.3) is 0 Å². The van der Waals surface area contributed by atoms with E-state index in [-0.39, 0.29) is 0 Å². The van der Waals surface area contributed by atoms with Gasteiger partial charge in [-0.05, 0) is 47.2 Å². The van der Waals surface area contributed by atoms with Gasteiger partial charge in [0.15, 0.2) is 0 Å². The third kappa shape index (κ3) is 2.95. The van der Waals surface area contributed by atoms with E-state index in [0.29, 0.717) is 16.5 Å². The molecule has 170 valence electrons. The number of anilines is 3. The molecule has 1 aliphatic rings. The van der Waals surface area contributed by atoms with Crippen LogP contribution in [0, 0.1) is 0 Å². The second kappa shape index (κ2) is 7.79. The number of hydrogen-bond donors (Lipinski definition) is 0. The molecule has 7 rings (SSSR count). The minimum Gasteiger partial charge on any atom is -0.386 e. The molecule has 0 saturated heterocycles. The number of para-hydroxylation sites is 1. The Labute approximate surface area is 207 Å². The number of cyclic esters (lactones) is 2. The summed E-state index contributed by atoms with van der Waals surface area (Å²) >= 11 is 0. The highest BCUT2D eigenvalue weighted by molar-refractivity contribution is 6.24. The fraction of sp³-hybridized carbons (Fsp3) is 0. The van der Waals surface area contributed by atoms with Crippen molar-refractivity contribution in [1.82, 2.24) is 0 Å². The lowest BCUT2D eigenvalue weighted by Gasteiger charge is -2.30. The van der Waals surface area contributed by atoms with E-state index >= 15 is 0 Å². The predicted molar refractivity (Wildman–Crippen MR) is 143 cm³/mol. The molecular weight excluding hydrogens is 446 g/mol. The first-order valence-electron chi connectivity index (χ1n) is 11.8. The summed E-state index contributed by atoms with van der Waals surface area (Å²) in [5, 5.41) is 5.92. The van der Waals surface area contributed by atoms with Crippen LogP contribution >= 0.6 is 0 Å². The van der Waals surface area contributed by atoms with Crippen LogP contribution in [0.3, 0.4) is 0 Å². The molecule has 0 amide bonds. The molecule has 6 aromatic carbocycles. The number of nitrogens with zero attached hydrogens (tertiary/aromatic N) is 1. The maximum Gasteiger partial charge on any atom is 0.346 e. The van der Waals surface area contributed by atoms with Gasteiger partial charge in [0.1, 0.15) is 0 Å². The summed E-state index contributed by atoms with van der Waals surface area (Å²) in [5.41, 5.74) is 3.70. The van der Waals surface area contributed by atoms with Crippen LogP contribution in [-0.2, 0) is 4.74 Å². The molecule has 1 heterocycles. The van der Waals surface area contributed by atoms with Crippen molar-refractivity contribution in [3.05, 3.63) is 126 Å². The average Bonchev–Trinajstić information content (AvgIpc) is 2.92. The molecule has 0 bridgehead atoms. The van der Waals surface area contributed by atoms with Crippen molar-refractivity contribution in [2.75, 3.05) is 4.90 Å². The molecule has 0 saturated carbocycles. The highest BCUT2D eigenvalue weighted by Crippen LogP contribution is 2.46. The number of benzene rings is 6. The van der Waals surface area contributed by atoms with Gasteiger partial charge < -0.3 is 9.64 Å². The Balaban J connectivity index is 1.65. The summed E-state index contributed by atoms with van der Waals surface area (Å²) in [6.45, 7) is 0. The Morgan fingerprint density at radius 2 is 1.11 bits per heavy atom. The minimum atomic E-state index is -0.614. The van der Waals surface area contributed by atoms with Crippen molar-refractivity contribution in [3.8, 4) is 0 Å². The predicted octanol–water partition coefficient (Wildman–Crippen LogP) is 7.93. The van der Waals surface area contributed by atoms with Gasteiger partial charge in [-0.3, -0.25) is 0 Å². The summed E-state index contributed by atoms with van der Waals surface area (Å²) in [5.74, 6) is -1.23. The Kier molecular flexibility index (Phi) is 4.42. The fourth-order valence-corrected chi connectivity index (χ4v) is 5.32. The van der Waals surface area contributed by atoms with Gasteiger partial charge in [-0.15, -0.1) is 0 Å². The Hall–Kier alpha value is -4.96. The monoisotopic (exact) mass is 465 g/mol. The number of rotatable bonds is 3. The van der Waals surface area contributed by atoms with E-state index in [9.17, 15) is 9.59 Å². The minimum absolute atomic E-state index is 0.403. The van der Waals surface area contributed by atoms with Crippen LogP contribution in [0.15, 0.2) is 115 Å². The quantitative estimate of drug-likeness (QED) is 0.151. The molecular formula is C32H19NO3. The molecule has 0 spiro atoms. The van der Waals surface area contributed by atoms with E-state index in [1.165, 1.54) is 0 Å². The molecule has 0 unspecified atom stereocenters. The molecule has 4 nitrogen and oxygen atoms in total. The van der Waals surface area contributed by atoms with E-state index in [1.807, 2.05) is 48.5 Å². The second-order valence-electron chi connectivity index (χ2n) is 8.88. The maximum atomic E-state index is 12.6. The number of hydrogen-bond acceptors (Lipinski definition) is 4. The van der Waals surface area contributed by atoms with Gasteiger partial charge in [0, 0.05) is 27.2 Å². The first-order chi connectivity index (χ1) is 17.7. The van der Waals surface area contributed by atoms with Gasteiger partial charge in [-0.25, -0.2) is 9.59 Å². The topological polar surface area (TPSA) is 46.6 Å². The molecule has 0 atom stereocenters. The number of carbonyl (C=O) groups is 2. The second-order valence-corrected chi connectivity index (χ2v) is 8.88. The molecule has 0 aliphatic carbocycles. The molecule has 0 radical (unpaired) electrons. The maximum absolute atomic E-state index is 12.6. The van der Waals surface area contributed by atoms with Crippen LogP contribution in [0.2, 0.25) is 0 Å². The van der Waals surface area contributed by atoms with Crippen molar-refractivity contribution < 1.29 is 14.3 Å². The zero-order chi connectivity index (χ0) is 24.2. The smallest absolute Gasteiger partial charge is 0.346 e. The van der Waals surface area contributed by atoms with Crippen molar-refractivity contribution in [2.24, 2.45) is 0 Å². The Morgan fingerprint density at radius 1 is 0.528 bits per heavy atom. The van der Waals surface area contributed by atoms with Crippen LogP contribution in [0.1, 0.15) is 20.7 Å². The molecule has 0 N–H and O–H groups in total. The first kappa shape index (κ1) is 20.4. The zero-order valence-corrected chi connectivity index (χ0v) is 19.1. The van der Waals surface area contributed by atoms with Crippen molar-refractivity contribution in [1.29, 1.82) is 0 Å². The van der Waals surface area contributed by atoms with Crippen LogP contribution in [0.5, 0.6) is 0 Å². The van der Waals surface area contributed by atoms with Crippen molar-refractivity contribution in [2.45, 2.75) is 0 Å². The number of ether oxygens (including phenoxy) is 1. The van der Waals surface area contributed by atoms with Crippen LogP contribution < -0.4 is 4.90 Å². The SMILES string of the molecule is O=C1OC(=O)c2ccc(N(c3ccccc3)c3c4ccccc4cc4ccccc34)c3cccc1c23. The molecule has 0 fully saturated rings. The van der Waals surface area contributed by atoms with E-state index in [2.05, 4.69) is 59.5 Å². The number of carbonyl (C=O) groups excluding carboxylic acids is 2. The summed E-state index contributed by atoms with van der Waals surface area (Å²) < 4.78 is 5.00. The lowest BCUT2D eigenvalue weighted by molar-refractivity contribution is 0.0391. The first-order valence-corrected chi connectivity index (χ1v) is 11.8. The van der Waals surface area contributed by atoms with Crippen LogP contribution in [0.4, 0.5) is 17.1 Å². The fourth-order valence-electron chi connectivity index (χ4n) is 5.32. The Bertz CT molecular complexity index is 1780. The molecule has 4 heteroatoms. The van der Waals surface area contributed by atoms with Gasteiger partial charge in [0.2, 0.25) is 0 Å². The van der Waals surface area contributed by atoms with Gasteiger partial charge in [0.05, 0.1) is 22.5 Å². The van der Waals surface area contributed by atoms with Gasteiger partial charge >= 0.3 is 11.9 Å². The van der Waals surface area contributed by atoms with Crippen molar-refractivity contribution in [3.63, 3.8) is 0 Å². The number of esters is 2. The van der Waals surface area contributed by atoms with Crippen LogP contribution in [0.25, 0.3) is 32.3 Å².